The number of piperazine rings is 1. The summed E-state index contributed by atoms with van der Waals surface area (Å²) >= 11 is 0. The van der Waals surface area contributed by atoms with E-state index < -0.39 is 11.7 Å². The Morgan fingerprint density at radius 1 is 1.31 bits per heavy atom. The van der Waals surface area contributed by atoms with Crippen LogP contribution in [0.2, 0.25) is 0 Å². The Morgan fingerprint density at radius 2 is 2.08 bits per heavy atom. The van der Waals surface area contributed by atoms with Gasteiger partial charge in [-0.2, -0.15) is 13.2 Å². The van der Waals surface area contributed by atoms with Crippen molar-refractivity contribution in [1.29, 1.82) is 0 Å². The van der Waals surface area contributed by atoms with Crippen LogP contribution >= 0.6 is 0 Å². The summed E-state index contributed by atoms with van der Waals surface area (Å²) in [5, 5.41) is 9.45. The third-order valence-electron chi connectivity index (χ3n) is 4.77. The summed E-state index contributed by atoms with van der Waals surface area (Å²) in [6.45, 7) is 4.76. The zero-order valence-electron chi connectivity index (χ0n) is 14.8. The van der Waals surface area contributed by atoms with Gasteiger partial charge in [0.05, 0.1) is 17.9 Å². The number of aliphatic hydroxyl groups is 1. The Hall–Kier alpha value is -1.90. The average Bonchev–Trinajstić information content (AvgIpc) is 2.97. The Labute approximate surface area is 150 Å². The fraction of sp³-hybridized carbons (Fsp3) is 0.500. The molecule has 142 valence electrons. The second-order valence-corrected chi connectivity index (χ2v) is 6.65. The van der Waals surface area contributed by atoms with Crippen LogP contribution in [0.4, 0.5) is 13.2 Å². The van der Waals surface area contributed by atoms with Crippen LogP contribution in [-0.4, -0.2) is 59.2 Å². The molecule has 0 amide bonds. The van der Waals surface area contributed by atoms with Gasteiger partial charge in [0.2, 0.25) is 5.89 Å². The molecule has 1 saturated heterocycles. The van der Waals surface area contributed by atoms with Crippen molar-refractivity contribution in [3.05, 3.63) is 41.3 Å². The highest BCUT2D eigenvalue weighted by atomic mass is 19.4. The molecule has 2 aromatic rings. The Balaban J connectivity index is 1.78. The maximum atomic E-state index is 12.9. The highest BCUT2D eigenvalue weighted by Crippen LogP contribution is 2.32. The molecule has 0 radical (unpaired) electrons. The van der Waals surface area contributed by atoms with Gasteiger partial charge in [-0.15, -0.1) is 0 Å². The molecule has 8 heteroatoms. The van der Waals surface area contributed by atoms with E-state index in [-0.39, 0.29) is 18.5 Å². The van der Waals surface area contributed by atoms with E-state index in [2.05, 4.69) is 14.8 Å². The van der Waals surface area contributed by atoms with E-state index in [0.717, 1.165) is 25.2 Å². The molecule has 0 saturated carbocycles. The van der Waals surface area contributed by atoms with E-state index in [1.807, 2.05) is 7.05 Å². The van der Waals surface area contributed by atoms with Gasteiger partial charge in [0.25, 0.3) is 0 Å². The standard InChI is InChI=1S/C18H22F3N3O2/c1-12-16(10-24-7-6-23(2)15(9-24)11-25)22-17(26-12)13-4-3-5-14(8-13)18(19,20)21/h3-5,8,15,25H,6-7,9-11H2,1-2H3. The van der Waals surface area contributed by atoms with Crippen LogP contribution < -0.4 is 0 Å². The molecule has 5 nitrogen and oxygen atoms in total. The van der Waals surface area contributed by atoms with Crippen LogP contribution in [0.3, 0.4) is 0 Å². The smallest absolute Gasteiger partial charge is 0.416 e. The third-order valence-corrected chi connectivity index (χ3v) is 4.77. The molecule has 1 aromatic carbocycles. The minimum atomic E-state index is -4.40. The molecule has 1 unspecified atom stereocenters. The van der Waals surface area contributed by atoms with Crippen LogP contribution in [-0.2, 0) is 12.7 Å². The molecular formula is C18H22F3N3O2. The molecular weight excluding hydrogens is 347 g/mol. The first-order valence-corrected chi connectivity index (χ1v) is 8.45. The lowest BCUT2D eigenvalue weighted by Crippen LogP contribution is -2.52. The maximum Gasteiger partial charge on any atom is 0.416 e. The fourth-order valence-corrected chi connectivity index (χ4v) is 3.09. The number of rotatable bonds is 4. The molecule has 1 aromatic heterocycles. The summed E-state index contributed by atoms with van der Waals surface area (Å²) in [6.07, 6.45) is -4.40. The van der Waals surface area contributed by atoms with Gasteiger partial charge in [0.15, 0.2) is 0 Å². The van der Waals surface area contributed by atoms with Crippen molar-refractivity contribution in [1.82, 2.24) is 14.8 Å². The Kier molecular flexibility index (Phi) is 5.36. The van der Waals surface area contributed by atoms with Crippen LogP contribution in [0.5, 0.6) is 0 Å². The molecule has 0 spiro atoms. The van der Waals surface area contributed by atoms with Gasteiger partial charge in [-0.25, -0.2) is 4.98 Å². The van der Waals surface area contributed by atoms with Crippen LogP contribution in [0, 0.1) is 6.92 Å². The normalized spacial score (nSPS) is 19.8. The second kappa shape index (κ2) is 7.38. The topological polar surface area (TPSA) is 52.7 Å². The largest absolute Gasteiger partial charge is 0.441 e. The maximum absolute atomic E-state index is 12.9. The van der Waals surface area contributed by atoms with Gasteiger partial charge in [0.1, 0.15) is 5.76 Å². The third kappa shape index (κ3) is 4.08. The quantitative estimate of drug-likeness (QED) is 0.898. The van der Waals surface area contributed by atoms with E-state index in [1.54, 1.807) is 13.0 Å². The molecule has 1 fully saturated rings. The van der Waals surface area contributed by atoms with Gasteiger partial charge in [0, 0.05) is 37.8 Å². The molecule has 1 aliphatic rings. The first-order valence-electron chi connectivity index (χ1n) is 8.45. The number of likely N-dealkylation sites (N-methyl/N-ethyl adjacent to an activating group) is 1. The minimum Gasteiger partial charge on any atom is -0.441 e. The zero-order valence-corrected chi connectivity index (χ0v) is 14.8. The summed E-state index contributed by atoms with van der Waals surface area (Å²) in [5.41, 5.74) is 0.289. The molecule has 1 N–H and O–H groups in total. The number of aryl methyl sites for hydroxylation is 1. The number of halogens is 3. The molecule has 1 atom stereocenters. The van der Waals surface area contributed by atoms with Crippen molar-refractivity contribution in [2.45, 2.75) is 25.7 Å². The predicted octanol–water partition coefficient (Wildman–Crippen LogP) is 2.78. The number of nitrogens with zero attached hydrogens (tertiary/aromatic N) is 3. The van der Waals surface area contributed by atoms with Gasteiger partial charge in [-0.1, -0.05) is 6.07 Å². The summed E-state index contributed by atoms with van der Waals surface area (Å²) in [7, 11) is 1.98. The van der Waals surface area contributed by atoms with Crippen LogP contribution in [0.1, 0.15) is 17.0 Å². The summed E-state index contributed by atoms with van der Waals surface area (Å²) in [4.78, 5) is 8.70. The van der Waals surface area contributed by atoms with Crippen molar-refractivity contribution in [3.63, 3.8) is 0 Å². The Morgan fingerprint density at radius 3 is 2.77 bits per heavy atom. The van der Waals surface area contributed by atoms with E-state index in [1.165, 1.54) is 6.07 Å². The predicted molar refractivity (Wildman–Crippen MR) is 90.5 cm³/mol. The van der Waals surface area contributed by atoms with Crippen LogP contribution in [0.15, 0.2) is 28.7 Å². The summed E-state index contributed by atoms with van der Waals surface area (Å²) < 4.78 is 44.3. The van der Waals surface area contributed by atoms with Crippen molar-refractivity contribution in [2.75, 3.05) is 33.3 Å². The number of benzene rings is 1. The Bertz CT molecular complexity index is 760. The molecule has 1 aliphatic heterocycles. The lowest BCUT2D eigenvalue weighted by molar-refractivity contribution is -0.137. The second-order valence-electron chi connectivity index (χ2n) is 6.65. The fourth-order valence-electron chi connectivity index (χ4n) is 3.09. The number of oxazole rings is 1. The molecule has 26 heavy (non-hydrogen) atoms. The number of aromatic nitrogens is 1. The van der Waals surface area contributed by atoms with E-state index in [0.29, 0.717) is 30.1 Å². The van der Waals surface area contributed by atoms with Gasteiger partial charge in [-0.3, -0.25) is 9.80 Å². The molecule has 3 rings (SSSR count). The molecule has 0 bridgehead atoms. The monoisotopic (exact) mass is 369 g/mol. The van der Waals surface area contributed by atoms with E-state index >= 15 is 0 Å². The van der Waals surface area contributed by atoms with E-state index in [4.69, 9.17) is 4.42 Å². The first-order chi connectivity index (χ1) is 12.3. The zero-order chi connectivity index (χ0) is 18.9. The molecule has 0 aliphatic carbocycles. The van der Waals surface area contributed by atoms with Crippen molar-refractivity contribution in [2.24, 2.45) is 0 Å². The SMILES string of the molecule is Cc1oc(-c2cccc(C(F)(F)F)c2)nc1CN1CCN(C)C(CO)C1. The lowest BCUT2D eigenvalue weighted by Gasteiger charge is -2.38. The van der Waals surface area contributed by atoms with Crippen LogP contribution in [0.25, 0.3) is 11.5 Å². The minimum absolute atomic E-state index is 0.0684. The number of hydrogen-bond donors (Lipinski definition) is 1. The number of aliphatic hydroxyl groups excluding tert-OH is 1. The number of hydrogen-bond acceptors (Lipinski definition) is 5. The highest BCUT2D eigenvalue weighted by molar-refractivity contribution is 5.55. The van der Waals surface area contributed by atoms with E-state index in [9.17, 15) is 18.3 Å². The average molecular weight is 369 g/mol. The summed E-state index contributed by atoms with van der Waals surface area (Å²) in [5.74, 6) is 0.785. The van der Waals surface area contributed by atoms with Crippen molar-refractivity contribution >= 4 is 0 Å². The summed E-state index contributed by atoms with van der Waals surface area (Å²) in [6, 6.07) is 5.05. The molecule has 2 heterocycles. The highest BCUT2D eigenvalue weighted by Gasteiger charge is 2.31. The number of alkyl halides is 3. The lowest BCUT2D eigenvalue weighted by atomic mass is 10.1. The van der Waals surface area contributed by atoms with Crippen molar-refractivity contribution < 1.29 is 22.7 Å². The van der Waals surface area contributed by atoms with Gasteiger partial charge >= 0.3 is 6.18 Å². The van der Waals surface area contributed by atoms with Gasteiger partial charge in [-0.05, 0) is 32.2 Å². The van der Waals surface area contributed by atoms with Gasteiger partial charge < -0.3 is 9.52 Å². The first kappa shape index (κ1) is 18.9. The van der Waals surface area contributed by atoms with Crippen molar-refractivity contribution in [3.8, 4) is 11.5 Å².